The Morgan fingerprint density at radius 3 is 2.31 bits per heavy atom. The maximum Gasteiger partial charge on any atom is 0.277 e. The topological polar surface area (TPSA) is 59.9 Å². The monoisotopic (exact) mass is 354 g/mol. The Morgan fingerprint density at radius 2 is 1.65 bits per heavy atom. The summed E-state index contributed by atoms with van der Waals surface area (Å²) in [5.41, 5.74) is 4.56. The van der Waals surface area contributed by atoms with E-state index in [-0.39, 0.29) is 12.5 Å². The van der Waals surface area contributed by atoms with E-state index < -0.39 is 0 Å². The van der Waals surface area contributed by atoms with Gasteiger partial charge < -0.3 is 9.47 Å². The first-order valence-electron chi connectivity index (χ1n) is 8.97. The summed E-state index contributed by atoms with van der Waals surface area (Å²) < 4.78 is 11.0. The molecule has 2 aromatic rings. The first-order chi connectivity index (χ1) is 12.7. The SMILES string of the molecule is CCCCOc1ccc(/C=N\NC(=O)COc2ccc(CC)cc2)cc1. The van der Waals surface area contributed by atoms with Gasteiger partial charge >= 0.3 is 0 Å². The average Bonchev–Trinajstić information content (AvgIpc) is 2.68. The van der Waals surface area contributed by atoms with Crippen LogP contribution in [0.15, 0.2) is 53.6 Å². The minimum absolute atomic E-state index is 0.0764. The predicted molar refractivity (Wildman–Crippen MR) is 104 cm³/mol. The fourth-order valence-corrected chi connectivity index (χ4v) is 2.17. The zero-order chi connectivity index (χ0) is 18.6. The Labute approximate surface area is 155 Å². The average molecular weight is 354 g/mol. The molecule has 2 aromatic carbocycles. The van der Waals surface area contributed by atoms with E-state index in [0.29, 0.717) is 5.75 Å². The number of ether oxygens (including phenoxy) is 2. The fourth-order valence-electron chi connectivity index (χ4n) is 2.17. The fraction of sp³-hybridized carbons (Fsp3) is 0.333. The highest BCUT2D eigenvalue weighted by Crippen LogP contribution is 2.13. The van der Waals surface area contributed by atoms with Crippen LogP contribution in [-0.2, 0) is 11.2 Å². The number of hydrogen-bond acceptors (Lipinski definition) is 4. The smallest absolute Gasteiger partial charge is 0.277 e. The predicted octanol–water partition coefficient (Wildman–Crippen LogP) is 3.96. The lowest BCUT2D eigenvalue weighted by Crippen LogP contribution is -2.24. The molecular formula is C21H26N2O3. The summed E-state index contributed by atoms with van der Waals surface area (Å²) in [6.45, 7) is 4.87. The third-order valence-electron chi connectivity index (χ3n) is 3.75. The van der Waals surface area contributed by atoms with E-state index >= 15 is 0 Å². The van der Waals surface area contributed by atoms with Crippen LogP contribution in [0.4, 0.5) is 0 Å². The molecule has 1 amide bonds. The maximum absolute atomic E-state index is 11.8. The molecular weight excluding hydrogens is 328 g/mol. The molecule has 0 spiro atoms. The number of nitrogens with one attached hydrogen (secondary N) is 1. The van der Waals surface area contributed by atoms with Gasteiger partial charge in [0.15, 0.2) is 6.61 Å². The summed E-state index contributed by atoms with van der Waals surface area (Å²) >= 11 is 0. The quantitative estimate of drug-likeness (QED) is 0.399. The molecule has 0 aliphatic heterocycles. The van der Waals surface area contributed by atoms with Crippen molar-refractivity contribution in [1.82, 2.24) is 5.43 Å². The van der Waals surface area contributed by atoms with Gasteiger partial charge in [-0.25, -0.2) is 5.43 Å². The Morgan fingerprint density at radius 1 is 1.00 bits per heavy atom. The largest absolute Gasteiger partial charge is 0.494 e. The van der Waals surface area contributed by atoms with Crippen molar-refractivity contribution in [2.75, 3.05) is 13.2 Å². The third kappa shape index (κ3) is 6.97. The van der Waals surface area contributed by atoms with Crippen molar-refractivity contribution < 1.29 is 14.3 Å². The normalized spacial score (nSPS) is 10.7. The van der Waals surface area contributed by atoms with E-state index in [0.717, 1.165) is 37.2 Å². The number of aryl methyl sites for hydroxylation is 1. The van der Waals surface area contributed by atoms with Crippen molar-refractivity contribution in [3.8, 4) is 11.5 Å². The van der Waals surface area contributed by atoms with Crippen molar-refractivity contribution in [2.24, 2.45) is 5.10 Å². The van der Waals surface area contributed by atoms with Gasteiger partial charge in [-0.15, -0.1) is 0 Å². The number of amides is 1. The van der Waals surface area contributed by atoms with Crippen LogP contribution in [0, 0.1) is 0 Å². The van der Waals surface area contributed by atoms with E-state index in [1.54, 1.807) is 6.21 Å². The summed E-state index contributed by atoms with van der Waals surface area (Å²) in [4.78, 5) is 11.8. The second kappa shape index (κ2) is 10.9. The molecule has 0 radical (unpaired) electrons. The molecule has 0 aliphatic rings. The van der Waals surface area contributed by atoms with Gasteiger partial charge in [-0.3, -0.25) is 4.79 Å². The summed E-state index contributed by atoms with van der Waals surface area (Å²) in [6.07, 6.45) is 4.71. The molecule has 5 heteroatoms. The number of nitrogens with zero attached hydrogens (tertiary/aromatic N) is 1. The zero-order valence-electron chi connectivity index (χ0n) is 15.4. The van der Waals surface area contributed by atoms with Crippen LogP contribution in [0.25, 0.3) is 0 Å². The third-order valence-corrected chi connectivity index (χ3v) is 3.75. The van der Waals surface area contributed by atoms with Gasteiger partial charge in [0.2, 0.25) is 0 Å². The van der Waals surface area contributed by atoms with Gasteiger partial charge in [-0.05, 0) is 60.4 Å². The molecule has 1 N–H and O–H groups in total. The van der Waals surface area contributed by atoms with Gasteiger partial charge in [-0.2, -0.15) is 5.10 Å². The van der Waals surface area contributed by atoms with Crippen LogP contribution in [0.5, 0.6) is 11.5 Å². The van der Waals surface area contributed by atoms with Crippen molar-refractivity contribution >= 4 is 12.1 Å². The molecule has 5 nitrogen and oxygen atoms in total. The van der Waals surface area contributed by atoms with Gasteiger partial charge in [0, 0.05) is 0 Å². The minimum atomic E-state index is -0.305. The van der Waals surface area contributed by atoms with E-state index in [1.165, 1.54) is 5.56 Å². The zero-order valence-corrected chi connectivity index (χ0v) is 15.4. The number of carbonyl (C=O) groups excluding carboxylic acids is 1. The number of rotatable bonds is 10. The first kappa shape index (κ1) is 19.5. The van der Waals surface area contributed by atoms with Crippen LogP contribution in [0.1, 0.15) is 37.8 Å². The number of hydrazone groups is 1. The molecule has 0 aromatic heterocycles. The Balaban J connectivity index is 1.72. The number of carbonyl (C=O) groups is 1. The molecule has 2 rings (SSSR count). The Bertz CT molecular complexity index is 694. The molecule has 0 fully saturated rings. The van der Waals surface area contributed by atoms with Gasteiger partial charge in [0.25, 0.3) is 5.91 Å². The van der Waals surface area contributed by atoms with Crippen molar-refractivity contribution in [2.45, 2.75) is 33.1 Å². The summed E-state index contributed by atoms with van der Waals surface area (Å²) in [5, 5.41) is 3.94. The number of hydrogen-bond donors (Lipinski definition) is 1. The van der Waals surface area contributed by atoms with E-state index in [2.05, 4.69) is 24.4 Å². The standard InChI is InChI=1S/C21H26N2O3/c1-3-5-14-25-19-12-8-18(9-13-19)15-22-23-21(24)16-26-20-10-6-17(4-2)7-11-20/h6-13,15H,3-5,14,16H2,1-2H3,(H,23,24)/b22-15-. The second-order valence-electron chi connectivity index (χ2n) is 5.85. The Hall–Kier alpha value is -2.82. The molecule has 0 saturated carbocycles. The molecule has 0 aliphatic carbocycles. The van der Waals surface area contributed by atoms with E-state index in [1.807, 2.05) is 48.5 Å². The van der Waals surface area contributed by atoms with Crippen LogP contribution in [0.2, 0.25) is 0 Å². The lowest BCUT2D eigenvalue weighted by atomic mass is 10.2. The highest BCUT2D eigenvalue weighted by atomic mass is 16.5. The van der Waals surface area contributed by atoms with Crippen LogP contribution in [-0.4, -0.2) is 25.3 Å². The molecule has 0 heterocycles. The summed E-state index contributed by atoms with van der Waals surface area (Å²) in [5.74, 6) is 1.20. The minimum Gasteiger partial charge on any atom is -0.494 e. The highest BCUT2D eigenvalue weighted by molar-refractivity contribution is 5.83. The molecule has 0 atom stereocenters. The molecule has 0 saturated heterocycles. The Kier molecular flexibility index (Phi) is 8.19. The molecule has 138 valence electrons. The van der Waals surface area contributed by atoms with Crippen molar-refractivity contribution in [1.29, 1.82) is 0 Å². The highest BCUT2D eigenvalue weighted by Gasteiger charge is 2.01. The van der Waals surface area contributed by atoms with Gasteiger partial charge in [-0.1, -0.05) is 32.4 Å². The van der Waals surface area contributed by atoms with Gasteiger partial charge in [0.1, 0.15) is 11.5 Å². The molecule has 26 heavy (non-hydrogen) atoms. The lowest BCUT2D eigenvalue weighted by Gasteiger charge is -2.06. The maximum atomic E-state index is 11.8. The van der Waals surface area contributed by atoms with Crippen LogP contribution >= 0.6 is 0 Å². The lowest BCUT2D eigenvalue weighted by molar-refractivity contribution is -0.123. The van der Waals surface area contributed by atoms with Gasteiger partial charge in [0.05, 0.1) is 12.8 Å². The second-order valence-corrected chi connectivity index (χ2v) is 5.85. The molecule has 0 bridgehead atoms. The van der Waals surface area contributed by atoms with Crippen LogP contribution < -0.4 is 14.9 Å². The summed E-state index contributed by atoms with van der Waals surface area (Å²) in [7, 11) is 0. The number of unbranched alkanes of at least 4 members (excludes halogenated alkanes) is 1. The first-order valence-corrected chi connectivity index (χ1v) is 8.97. The van der Waals surface area contributed by atoms with E-state index in [4.69, 9.17) is 9.47 Å². The van der Waals surface area contributed by atoms with Crippen molar-refractivity contribution in [3.63, 3.8) is 0 Å². The summed E-state index contributed by atoms with van der Waals surface area (Å²) in [6, 6.07) is 15.3. The molecule has 0 unspecified atom stereocenters. The number of benzene rings is 2. The van der Waals surface area contributed by atoms with Crippen molar-refractivity contribution in [3.05, 3.63) is 59.7 Å². The van der Waals surface area contributed by atoms with E-state index in [9.17, 15) is 4.79 Å². The van der Waals surface area contributed by atoms with Crippen LogP contribution in [0.3, 0.4) is 0 Å².